The van der Waals surface area contributed by atoms with Gasteiger partial charge in [-0.15, -0.1) is 0 Å². The van der Waals surface area contributed by atoms with E-state index in [9.17, 15) is 4.79 Å². The summed E-state index contributed by atoms with van der Waals surface area (Å²) >= 11 is 0. The molecule has 2 aromatic rings. The highest BCUT2D eigenvalue weighted by atomic mass is 16.7. The van der Waals surface area contributed by atoms with Crippen molar-refractivity contribution in [2.24, 2.45) is 0 Å². The van der Waals surface area contributed by atoms with Gasteiger partial charge < -0.3 is 19.1 Å². The molecule has 0 radical (unpaired) electrons. The van der Waals surface area contributed by atoms with Crippen molar-refractivity contribution in [1.29, 1.82) is 0 Å². The van der Waals surface area contributed by atoms with Gasteiger partial charge in [-0.1, -0.05) is 24.3 Å². The Labute approximate surface area is 173 Å². The average molecular weight is 402 g/mol. The van der Waals surface area contributed by atoms with Gasteiger partial charge in [-0.25, -0.2) is 4.79 Å². The summed E-state index contributed by atoms with van der Waals surface area (Å²) in [6.07, 6.45) is -0.420. The van der Waals surface area contributed by atoms with E-state index < -0.39 is 6.09 Å². The summed E-state index contributed by atoms with van der Waals surface area (Å²) < 4.78 is 15.8. The lowest BCUT2D eigenvalue weighted by Crippen LogP contribution is -2.31. The fourth-order valence-corrected chi connectivity index (χ4v) is 2.66. The normalized spacial score (nSPS) is 10.7. The van der Waals surface area contributed by atoms with E-state index in [1.165, 1.54) is 0 Å². The minimum absolute atomic E-state index is 0.0876. The molecule has 0 atom stereocenters. The van der Waals surface area contributed by atoms with Gasteiger partial charge in [-0.2, -0.15) is 0 Å². The van der Waals surface area contributed by atoms with Crippen molar-refractivity contribution in [1.82, 2.24) is 9.80 Å². The highest BCUT2D eigenvalue weighted by Crippen LogP contribution is 2.17. The predicted molar refractivity (Wildman–Crippen MR) is 114 cm³/mol. The van der Waals surface area contributed by atoms with Crippen molar-refractivity contribution in [2.75, 3.05) is 53.7 Å². The van der Waals surface area contributed by atoms with Crippen molar-refractivity contribution >= 4 is 11.8 Å². The average Bonchev–Trinajstić information content (AvgIpc) is 2.71. The molecule has 0 aliphatic heterocycles. The number of nitrogens with zero attached hydrogens (tertiary/aromatic N) is 3. The first-order chi connectivity index (χ1) is 13.9. The Morgan fingerprint density at radius 2 is 1.41 bits per heavy atom. The van der Waals surface area contributed by atoms with E-state index in [1.54, 1.807) is 12.0 Å². The third-order valence-electron chi connectivity index (χ3n) is 4.23. The Morgan fingerprint density at radius 1 is 0.862 bits per heavy atom. The number of anilines is 1. The maximum Gasteiger partial charge on any atom is 0.412 e. The standard InChI is InChI=1S/C22H31N3O4/c1-23(2)16-28-17-29-22(26)25(15-19-8-12-21(27-5)13-9-19)14-18-6-10-20(11-7-18)24(3)4/h6-13H,14-17H2,1-5H3. The SMILES string of the molecule is COc1ccc(CN(Cc2ccc(N(C)C)cc2)C(=O)OCOCN(C)C)cc1. The molecule has 0 unspecified atom stereocenters. The Kier molecular flexibility index (Phi) is 8.76. The van der Waals surface area contributed by atoms with Crippen molar-refractivity contribution in [3.63, 3.8) is 0 Å². The van der Waals surface area contributed by atoms with Crippen LogP contribution in [0.25, 0.3) is 0 Å². The number of carbonyl (C=O) groups excluding carboxylic acids is 1. The molecule has 0 aliphatic carbocycles. The first-order valence-corrected chi connectivity index (χ1v) is 9.42. The summed E-state index contributed by atoms with van der Waals surface area (Å²) in [4.78, 5) is 18.2. The smallest absolute Gasteiger partial charge is 0.412 e. The Hall–Kier alpha value is -2.77. The molecule has 1 amide bonds. The van der Waals surface area contributed by atoms with Crippen LogP contribution in [0.15, 0.2) is 48.5 Å². The molecular weight excluding hydrogens is 370 g/mol. The Balaban J connectivity index is 2.07. The zero-order valence-electron chi connectivity index (χ0n) is 17.9. The second-order valence-electron chi connectivity index (χ2n) is 7.21. The molecule has 0 heterocycles. The van der Waals surface area contributed by atoms with Crippen LogP contribution in [0.2, 0.25) is 0 Å². The summed E-state index contributed by atoms with van der Waals surface area (Å²) in [5, 5.41) is 0. The third-order valence-corrected chi connectivity index (χ3v) is 4.23. The van der Waals surface area contributed by atoms with Gasteiger partial charge in [-0.05, 0) is 49.5 Å². The third kappa shape index (κ3) is 7.63. The molecule has 0 saturated carbocycles. The fourth-order valence-electron chi connectivity index (χ4n) is 2.66. The van der Waals surface area contributed by atoms with E-state index in [0.29, 0.717) is 19.8 Å². The molecule has 0 N–H and O–H groups in total. The largest absolute Gasteiger partial charge is 0.497 e. The maximum absolute atomic E-state index is 12.7. The number of methoxy groups -OCH3 is 1. The molecule has 2 rings (SSSR count). The zero-order valence-corrected chi connectivity index (χ0v) is 17.9. The highest BCUT2D eigenvalue weighted by Gasteiger charge is 2.17. The Bertz CT molecular complexity index is 746. The molecule has 7 heteroatoms. The van der Waals surface area contributed by atoms with Gasteiger partial charge >= 0.3 is 6.09 Å². The van der Waals surface area contributed by atoms with Crippen molar-refractivity contribution in [2.45, 2.75) is 13.1 Å². The quantitative estimate of drug-likeness (QED) is 0.449. The van der Waals surface area contributed by atoms with E-state index in [2.05, 4.69) is 0 Å². The fraction of sp³-hybridized carbons (Fsp3) is 0.409. The molecule has 0 aliphatic rings. The van der Waals surface area contributed by atoms with Gasteiger partial charge in [0.2, 0.25) is 0 Å². The first kappa shape index (κ1) is 22.5. The molecular formula is C22H31N3O4. The highest BCUT2D eigenvalue weighted by molar-refractivity contribution is 5.67. The van der Waals surface area contributed by atoms with Crippen molar-refractivity contribution < 1.29 is 19.0 Å². The molecule has 2 aromatic carbocycles. The molecule has 0 aromatic heterocycles. The monoisotopic (exact) mass is 401 g/mol. The molecule has 29 heavy (non-hydrogen) atoms. The number of benzene rings is 2. The van der Waals surface area contributed by atoms with E-state index in [-0.39, 0.29) is 6.79 Å². The number of carbonyl (C=O) groups is 1. The van der Waals surface area contributed by atoms with Gasteiger partial charge in [0.15, 0.2) is 6.79 Å². The predicted octanol–water partition coefficient (Wildman–Crippen LogP) is 3.39. The molecule has 0 bridgehead atoms. The van der Waals surface area contributed by atoms with Crippen LogP contribution in [0.4, 0.5) is 10.5 Å². The van der Waals surface area contributed by atoms with E-state index >= 15 is 0 Å². The Morgan fingerprint density at radius 3 is 1.90 bits per heavy atom. The van der Waals surface area contributed by atoms with Gasteiger partial charge in [0.25, 0.3) is 0 Å². The van der Waals surface area contributed by atoms with Crippen LogP contribution in [0.5, 0.6) is 5.75 Å². The van der Waals surface area contributed by atoms with Crippen LogP contribution in [0, 0.1) is 0 Å². The number of hydrogen-bond donors (Lipinski definition) is 0. The summed E-state index contributed by atoms with van der Waals surface area (Å²) in [6.45, 7) is 1.16. The lowest BCUT2D eigenvalue weighted by Gasteiger charge is -2.23. The van der Waals surface area contributed by atoms with Crippen LogP contribution in [-0.4, -0.2) is 64.7 Å². The number of hydrogen-bond acceptors (Lipinski definition) is 6. The summed E-state index contributed by atoms with van der Waals surface area (Å²) in [5.41, 5.74) is 3.12. The van der Waals surface area contributed by atoms with E-state index in [1.807, 2.05) is 86.5 Å². The summed E-state index contributed by atoms with van der Waals surface area (Å²) in [7, 11) is 9.39. The minimum atomic E-state index is -0.420. The van der Waals surface area contributed by atoms with Crippen LogP contribution in [0.1, 0.15) is 11.1 Å². The number of amides is 1. The lowest BCUT2D eigenvalue weighted by molar-refractivity contribution is -0.0582. The molecule has 158 valence electrons. The maximum atomic E-state index is 12.7. The van der Waals surface area contributed by atoms with Crippen molar-refractivity contribution in [3.8, 4) is 5.75 Å². The van der Waals surface area contributed by atoms with Crippen molar-refractivity contribution in [3.05, 3.63) is 59.7 Å². The van der Waals surface area contributed by atoms with Crippen LogP contribution >= 0.6 is 0 Å². The van der Waals surface area contributed by atoms with Crippen LogP contribution in [-0.2, 0) is 22.6 Å². The lowest BCUT2D eigenvalue weighted by atomic mass is 10.1. The number of ether oxygens (including phenoxy) is 3. The van der Waals surface area contributed by atoms with Gasteiger partial charge in [0.05, 0.1) is 7.11 Å². The first-order valence-electron chi connectivity index (χ1n) is 9.42. The molecule has 0 saturated heterocycles. The minimum Gasteiger partial charge on any atom is -0.497 e. The van der Waals surface area contributed by atoms with Crippen LogP contribution in [0.3, 0.4) is 0 Å². The van der Waals surface area contributed by atoms with Gasteiger partial charge in [0, 0.05) is 32.9 Å². The zero-order chi connectivity index (χ0) is 21.2. The molecule has 7 nitrogen and oxygen atoms in total. The van der Waals surface area contributed by atoms with E-state index in [0.717, 1.165) is 22.6 Å². The molecule has 0 spiro atoms. The second kappa shape index (κ2) is 11.3. The summed E-state index contributed by atoms with van der Waals surface area (Å²) in [5.74, 6) is 0.777. The number of rotatable bonds is 10. The molecule has 0 fully saturated rings. The summed E-state index contributed by atoms with van der Waals surface area (Å²) in [6, 6.07) is 15.8. The second-order valence-corrected chi connectivity index (χ2v) is 7.21. The van der Waals surface area contributed by atoms with E-state index in [4.69, 9.17) is 14.2 Å². The van der Waals surface area contributed by atoms with Gasteiger partial charge in [0.1, 0.15) is 12.5 Å². The topological polar surface area (TPSA) is 54.5 Å². The van der Waals surface area contributed by atoms with Crippen LogP contribution < -0.4 is 9.64 Å². The van der Waals surface area contributed by atoms with Gasteiger partial charge in [-0.3, -0.25) is 9.80 Å².